The number of phenolic OH excluding ortho intramolecular Hbond substituents is 1. The maximum atomic E-state index is 13.4. The number of anilines is 2. The van der Waals surface area contributed by atoms with Crippen LogP contribution in [0.3, 0.4) is 0 Å². The van der Waals surface area contributed by atoms with E-state index in [1.54, 1.807) is 18.2 Å². The predicted octanol–water partition coefficient (Wildman–Crippen LogP) is 6.09. The molecular weight excluding hydrogens is 567 g/mol. The van der Waals surface area contributed by atoms with Crippen LogP contribution in [0.4, 0.5) is 15.9 Å². The van der Waals surface area contributed by atoms with Gasteiger partial charge < -0.3 is 25.3 Å². The van der Waals surface area contributed by atoms with Crippen LogP contribution < -0.4 is 20.5 Å². The first-order valence-corrected chi connectivity index (χ1v) is 14.6. The fourth-order valence-electron chi connectivity index (χ4n) is 4.17. The SMILES string of the molecule is Cc1cc(Oc2ccccc2P)ccc1-n1ncc(C(=O)c2cc3cc(O)c(NSCCC(F)P)cc3[nH]2)c1N. The van der Waals surface area contributed by atoms with E-state index in [9.17, 15) is 14.3 Å². The van der Waals surface area contributed by atoms with E-state index in [0.29, 0.717) is 40.2 Å². The summed E-state index contributed by atoms with van der Waals surface area (Å²) in [6.45, 7) is 1.92. The van der Waals surface area contributed by atoms with E-state index in [1.165, 1.54) is 22.8 Å². The number of nitrogens with one attached hydrogen (secondary N) is 2. The van der Waals surface area contributed by atoms with Gasteiger partial charge in [-0.15, -0.1) is 18.5 Å². The number of phenols is 1. The van der Waals surface area contributed by atoms with Crippen LogP contribution >= 0.6 is 30.4 Å². The molecule has 5 rings (SSSR count). The number of carbonyl (C=O) groups excluding carboxylic acids is 1. The number of aromatic amines is 1. The van der Waals surface area contributed by atoms with Gasteiger partial charge in [-0.3, -0.25) is 4.79 Å². The summed E-state index contributed by atoms with van der Waals surface area (Å²) in [5.74, 6) is 0.871. The molecule has 206 valence electrons. The minimum Gasteiger partial charge on any atom is -0.506 e. The Bertz CT molecular complexity index is 1710. The lowest BCUT2D eigenvalue weighted by Gasteiger charge is -2.12. The Morgan fingerprint density at radius 2 is 2.05 bits per heavy atom. The Kier molecular flexibility index (Phi) is 8.31. The molecule has 3 aromatic carbocycles. The van der Waals surface area contributed by atoms with Crippen LogP contribution in [0, 0.1) is 6.92 Å². The molecule has 0 fully saturated rings. The average Bonchev–Trinajstić information content (AvgIpc) is 3.50. The number of alkyl halides is 1. The van der Waals surface area contributed by atoms with Crippen molar-refractivity contribution in [2.24, 2.45) is 0 Å². The molecule has 0 saturated carbocycles. The van der Waals surface area contributed by atoms with E-state index in [1.807, 2.05) is 49.4 Å². The highest BCUT2D eigenvalue weighted by Gasteiger charge is 2.21. The van der Waals surface area contributed by atoms with Gasteiger partial charge in [-0.05, 0) is 61.4 Å². The van der Waals surface area contributed by atoms with Gasteiger partial charge in [0.2, 0.25) is 5.78 Å². The number of ketones is 1. The Labute approximate surface area is 239 Å². The molecule has 12 heteroatoms. The van der Waals surface area contributed by atoms with E-state index >= 15 is 0 Å². The summed E-state index contributed by atoms with van der Waals surface area (Å²) in [6, 6.07) is 18.2. The topological polar surface area (TPSA) is 118 Å². The van der Waals surface area contributed by atoms with Gasteiger partial charge in [-0.1, -0.05) is 30.1 Å². The number of hydrogen-bond acceptors (Lipinski definition) is 7. The molecule has 0 aliphatic carbocycles. The highest BCUT2D eigenvalue weighted by atomic mass is 32.2. The number of aromatic hydroxyl groups is 1. The maximum Gasteiger partial charge on any atom is 0.214 e. The lowest BCUT2D eigenvalue weighted by Crippen LogP contribution is -2.08. The van der Waals surface area contributed by atoms with Gasteiger partial charge >= 0.3 is 0 Å². The quantitative estimate of drug-likeness (QED) is 0.0507. The number of rotatable bonds is 10. The van der Waals surface area contributed by atoms with Crippen molar-refractivity contribution in [2.75, 3.05) is 16.2 Å². The third-order valence-electron chi connectivity index (χ3n) is 6.25. The number of nitrogens with two attached hydrogens (primary N) is 1. The summed E-state index contributed by atoms with van der Waals surface area (Å²) in [5.41, 5.74) is 9.68. The van der Waals surface area contributed by atoms with Gasteiger partial charge in [0.25, 0.3) is 0 Å². The zero-order valence-corrected chi connectivity index (χ0v) is 24.6. The fourth-order valence-corrected chi connectivity index (χ4v) is 5.61. The van der Waals surface area contributed by atoms with Crippen molar-refractivity contribution in [3.05, 3.63) is 83.7 Å². The highest BCUT2D eigenvalue weighted by Crippen LogP contribution is 2.33. The van der Waals surface area contributed by atoms with Crippen LogP contribution in [0.2, 0.25) is 0 Å². The highest BCUT2D eigenvalue weighted by molar-refractivity contribution is 8.00. The molecule has 0 aliphatic rings. The second kappa shape index (κ2) is 11.9. The van der Waals surface area contributed by atoms with Crippen molar-refractivity contribution < 1.29 is 19.0 Å². The fraction of sp³-hybridized carbons (Fsp3) is 0.143. The molecule has 0 bridgehead atoms. The second-order valence-corrected chi connectivity index (χ2v) is 11.4. The number of fused-ring (bicyclic) bond motifs is 1. The molecule has 0 spiro atoms. The number of halogens is 1. The number of aryl methyl sites for hydroxylation is 1. The molecule has 5 N–H and O–H groups in total. The number of nitrogens with zero attached hydrogens (tertiary/aromatic N) is 2. The van der Waals surface area contributed by atoms with Crippen molar-refractivity contribution >= 4 is 63.9 Å². The van der Waals surface area contributed by atoms with E-state index in [0.717, 1.165) is 22.3 Å². The number of para-hydroxylation sites is 1. The van der Waals surface area contributed by atoms with Crippen molar-refractivity contribution in [2.45, 2.75) is 19.3 Å². The van der Waals surface area contributed by atoms with Gasteiger partial charge in [-0.25, -0.2) is 9.07 Å². The molecule has 0 aliphatic heterocycles. The second-order valence-electron chi connectivity index (χ2n) is 9.17. The van der Waals surface area contributed by atoms with Crippen LogP contribution in [0.25, 0.3) is 16.6 Å². The van der Waals surface area contributed by atoms with Gasteiger partial charge in [0, 0.05) is 22.0 Å². The molecule has 2 aromatic heterocycles. The molecule has 40 heavy (non-hydrogen) atoms. The molecule has 3 unspecified atom stereocenters. The van der Waals surface area contributed by atoms with Gasteiger partial charge in [0.05, 0.1) is 28.8 Å². The van der Waals surface area contributed by atoms with E-state index in [2.05, 4.69) is 33.3 Å². The predicted molar refractivity (Wildman–Crippen MR) is 167 cm³/mol. The number of nitrogen functional groups attached to an aromatic ring is 1. The van der Waals surface area contributed by atoms with Crippen molar-refractivity contribution in [1.29, 1.82) is 0 Å². The third-order valence-corrected chi connectivity index (χ3v) is 7.87. The normalized spacial score (nSPS) is 12.0. The Hall–Kier alpha value is -3.58. The summed E-state index contributed by atoms with van der Waals surface area (Å²) in [7, 11) is 4.77. The number of H-pyrrole nitrogens is 1. The minimum atomic E-state index is -0.973. The van der Waals surface area contributed by atoms with Gasteiger partial charge in [0.15, 0.2) is 0 Å². The average molecular weight is 596 g/mol. The van der Waals surface area contributed by atoms with Gasteiger partial charge in [-0.2, -0.15) is 5.10 Å². The minimum absolute atomic E-state index is 0.0251. The van der Waals surface area contributed by atoms with Crippen molar-refractivity contribution in [3.8, 4) is 22.9 Å². The maximum absolute atomic E-state index is 13.4. The molecule has 3 atom stereocenters. The molecule has 0 saturated heterocycles. The largest absolute Gasteiger partial charge is 0.506 e. The molecule has 0 amide bonds. The Balaban J connectivity index is 1.35. The monoisotopic (exact) mass is 595 g/mol. The number of benzene rings is 3. The van der Waals surface area contributed by atoms with Crippen LogP contribution in [0.1, 0.15) is 28.0 Å². The lowest BCUT2D eigenvalue weighted by atomic mass is 10.1. The van der Waals surface area contributed by atoms with E-state index in [-0.39, 0.29) is 22.9 Å². The van der Waals surface area contributed by atoms with Crippen LogP contribution in [-0.2, 0) is 0 Å². The molecular formula is C28H28FN5O3P2S. The number of ether oxygens (including phenoxy) is 1. The number of hydrogen-bond donors (Lipinski definition) is 4. The molecule has 0 radical (unpaired) electrons. The number of carbonyl (C=O) groups is 1. The standard InChI is InChI=1S/C28H28FN5O3P2S/c1-15-10-17(37-24-4-2-3-5-25(24)38)6-7-22(15)34-28(30)18(14-31-34)27(36)21-11-16-12-23(35)20(13-19(16)32-21)33-40-9-8-26(29)39/h2-7,10-14,26,32-33,35H,8-9,30,38-39H2,1H3. The Morgan fingerprint density at radius 3 is 2.80 bits per heavy atom. The van der Waals surface area contributed by atoms with Crippen LogP contribution in [0.15, 0.2) is 66.9 Å². The molecule has 8 nitrogen and oxygen atoms in total. The zero-order valence-electron chi connectivity index (χ0n) is 21.5. The first-order chi connectivity index (χ1) is 19.2. The van der Waals surface area contributed by atoms with E-state index in [4.69, 9.17) is 10.5 Å². The van der Waals surface area contributed by atoms with Crippen LogP contribution in [0.5, 0.6) is 17.2 Å². The first-order valence-electron chi connectivity index (χ1n) is 12.4. The first kappa shape index (κ1) is 28.0. The van der Waals surface area contributed by atoms with E-state index < -0.39 is 5.91 Å². The van der Waals surface area contributed by atoms with Crippen molar-refractivity contribution in [3.63, 3.8) is 0 Å². The summed E-state index contributed by atoms with van der Waals surface area (Å²) in [6.07, 6.45) is 1.81. The lowest BCUT2D eigenvalue weighted by molar-refractivity contribution is 0.103. The molecule has 5 aromatic rings. The summed E-state index contributed by atoms with van der Waals surface area (Å²) in [4.78, 5) is 16.5. The summed E-state index contributed by atoms with van der Waals surface area (Å²) in [5, 5.41) is 16.4. The van der Waals surface area contributed by atoms with Crippen LogP contribution in [-0.4, -0.2) is 37.3 Å². The van der Waals surface area contributed by atoms with Crippen molar-refractivity contribution in [1.82, 2.24) is 14.8 Å². The zero-order chi connectivity index (χ0) is 28.4. The summed E-state index contributed by atoms with van der Waals surface area (Å²) < 4.78 is 23.6. The smallest absolute Gasteiger partial charge is 0.214 e. The Morgan fingerprint density at radius 1 is 1.25 bits per heavy atom. The molecule has 2 heterocycles. The summed E-state index contributed by atoms with van der Waals surface area (Å²) >= 11 is 1.29. The van der Waals surface area contributed by atoms with Gasteiger partial charge in [0.1, 0.15) is 29.0 Å². The third kappa shape index (κ3) is 5.94. The number of aromatic nitrogens is 3.